The lowest BCUT2D eigenvalue weighted by molar-refractivity contribution is 0.0665. The summed E-state index contributed by atoms with van der Waals surface area (Å²) in [6.45, 7) is 5.39. The molecule has 4 heterocycles. The van der Waals surface area contributed by atoms with Crippen molar-refractivity contribution in [3.05, 3.63) is 69.3 Å². The summed E-state index contributed by atoms with van der Waals surface area (Å²) in [7, 11) is 4.01. The zero-order valence-corrected chi connectivity index (χ0v) is 18.1. The number of hydrogen-bond acceptors (Lipinski definition) is 5. The monoisotopic (exact) mass is 420 g/mol. The molecule has 2 aliphatic heterocycles. The second-order valence-electron chi connectivity index (χ2n) is 8.62. The van der Waals surface area contributed by atoms with E-state index in [1.165, 1.54) is 10.1 Å². The van der Waals surface area contributed by atoms with E-state index in [0.29, 0.717) is 30.8 Å². The van der Waals surface area contributed by atoms with E-state index in [-0.39, 0.29) is 11.5 Å². The van der Waals surface area contributed by atoms with Gasteiger partial charge in [0.15, 0.2) is 5.65 Å². The number of carbonyl (C=O) groups is 1. The highest BCUT2D eigenvalue weighted by Gasteiger charge is 2.28. The molecule has 0 N–H and O–H groups in total. The maximum atomic E-state index is 13.3. The van der Waals surface area contributed by atoms with Crippen LogP contribution in [0.2, 0.25) is 0 Å². The summed E-state index contributed by atoms with van der Waals surface area (Å²) >= 11 is 0. The van der Waals surface area contributed by atoms with Crippen molar-refractivity contribution in [1.29, 1.82) is 0 Å². The first-order chi connectivity index (χ1) is 15.0. The number of aromatic nitrogens is 3. The molecule has 1 saturated heterocycles. The van der Waals surface area contributed by atoms with Gasteiger partial charge in [0.1, 0.15) is 5.56 Å². The van der Waals surface area contributed by atoms with E-state index in [4.69, 9.17) is 0 Å². The lowest BCUT2D eigenvalue weighted by Gasteiger charge is -2.32. The number of amides is 1. The molecule has 0 bridgehead atoms. The molecule has 0 aliphatic carbocycles. The van der Waals surface area contributed by atoms with Gasteiger partial charge in [-0.3, -0.25) is 14.5 Å². The Bertz CT molecular complexity index is 1170. The molecule has 5 rings (SSSR count). The number of benzene rings is 1. The van der Waals surface area contributed by atoms with E-state index in [2.05, 4.69) is 34.1 Å². The second kappa shape index (κ2) is 7.94. The number of rotatable bonds is 3. The largest absolute Gasteiger partial charge is 0.336 e. The van der Waals surface area contributed by atoms with Crippen LogP contribution in [0.4, 0.5) is 0 Å². The van der Waals surface area contributed by atoms with Gasteiger partial charge in [-0.15, -0.1) is 0 Å². The number of carbonyl (C=O) groups excluding carboxylic acids is 1. The number of likely N-dealkylation sites (N-methyl/N-ethyl adjacent to an activating group) is 1. The summed E-state index contributed by atoms with van der Waals surface area (Å²) in [6, 6.07) is 10.3. The molecule has 0 saturated carbocycles. The molecule has 1 amide bonds. The third-order valence-electron chi connectivity index (χ3n) is 6.58. The number of hydrogen-bond donors (Lipinski definition) is 0. The average Bonchev–Trinajstić information content (AvgIpc) is 3.24. The molecule has 0 radical (unpaired) electrons. The Morgan fingerprint density at radius 2 is 1.77 bits per heavy atom. The smallest absolute Gasteiger partial charge is 0.279 e. The molecule has 0 atom stereocenters. The van der Waals surface area contributed by atoms with Crippen molar-refractivity contribution in [3.63, 3.8) is 0 Å². The molecule has 8 nitrogen and oxygen atoms in total. The molecule has 1 aromatic carbocycles. The van der Waals surface area contributed by atoms with Crippen LogP contribution in [0.25, 0.3) is 5.65 Å². The normalized spacial score (nSPS) is 17.8. The Hall–Kier alpha value is -2.97. The third-order valence-corrected chi connectivity index (χ3v) is 6.58. The number of fused-ring (bicyclic) bond motifs is 2. The Kier molecular flexibility index (Phi) is 5.11. The maximum Gasteiger partial charge on any atom is 0.279 e. The molecule has 31 heavy (non-hydrogen) atoms. The predicted octanol–water partition coefficient (Wildman–Crippen LogP) is 0.979. The quantitative estimate of drug-likeness (QED) is 0.632. The van der Waals surface area contributed by atoms with E-state index >= 15 is 0 Å². The van der Waals surface area contributed by atoms with E-state index in [1.54, 1.807) is 6.20 Å². The molecular weight excluding hydrogens is 392 g/mol. The summed E-state index contributed by atoms with van der Waals surface area (Å²) in [5.41, 5.74) is 4.03. The van der Waals surface area contributed by atoms with Gasteiger partial charge in [0, 0.05) is 65.0 Å². The summed E-state index contributed by atoms with van der Waals surface area (Å²) in [4.78, 5) is 32.9. The molecule has 2 aromatic heterocycles. The Labute approximate surface area is 181 Å². The molecular formula is C23H28N6O2. The average molecular weight is 421 g/mol. The topological polar surface area (TPSA) is 66.1 Å². The van der Waals surface area contributed by atoms with Gasteiger partial charge in [-0.2, -0.15) is 9.61 Å². The first-order valence-electron chi connectivity index (χ1n) is 10.9. The van der Waals surface area contributed by atoms with Crippen molar-refractivity contribution in [2.24, 2.45) is 7.05 Å². The molecule has 1 fully saturated rings. The fourth-order valence-corrected chi connectivity index (χ4v) is 4.75. The lowest BCUT2D eigenvalue weighted by atomic mass is 10.1. The van der Waals surface area contributed by atoms with Gasteiger partial charge in [0.05, 0.1) is 11.8 Å². The summed E-state index contributed by atoms with van der Waals surface area (Å²) < 4.78 is 3.42. The van der Waals surface area contributed by atoms with Crippen molar-refractivity contribution in [1.82, 2.24) is 28.9 Å². The lowest BCUT2D eigenvalue weighted by Crippen LogP contribution is -2.47. The maximum absolute atomic E-state index is 13.3. The number of nitrogens with zero attached hydrogens (tertiary/aromatic N) is 6. The SMILES string of the molecule is CN1CCN(C(=O)c2cnn3c(=O)c4c(n(C)c23)CCN(Cc2ccccc2)C4)CC1. The molecule has 3 aromatic rings. The highest BCUT2D eigenvalue weighted by Crippen LogP contribution is 2.22. The van der Waals surface area contributed by atoms with Crippen molar-refractivity contribution in [2.45, 2.75) is 19.5 Å². The van der Waals surface area contributed by atoms with Gasteiger partial charge >= 0.3 is 0 Å². The van der Waals surface area contributed by atoms with E-state index in [0.717, 1.165) is 43.9 Å². The minimum atomic E-state index is -0.113. The highest BCUT2D eigenvalue weighted by molar-refractivity contribution is 5.99. The van der Waals surface area contributed by atoms with Crippen LogP contribution in [-0.2, 0) is 26.6 Å². The van der Waals surface area contributed by atoms with Crippen LogP contribution in [0.15, 0.2) is 41.3 Å². The highest BCUT2D eigenvalue weighted by atomic mass is 16.2. The molecule has 2 aliphatic rings. The fourth-order valence-electron chi connectivity index (χ4n) is 4.75. The summed E-state index contributed by atoms with van der Waals surface area (Å²) in [5, 5.41) is 4.33. The van der Waals surface area contributed by atoms with Crippen LogP contribution >= 0.6 is 0 Å². The molecule has 0 unspecified atom stereocenters. The first-order valence-corrected chi connectivity index (χ1v) is 10.9. The van der Waals surface area contributed by atoms with Crippen LogP contribution in [0.3, 0.4) is 0 Å². The zero-order valence-electron chi connectivity index (χ0n) is 18.1. The minimum Gasteiger partial charge on any atom is -0.336 e. The fraction of sp³-hybridized carbons (Fsp3) is 0.435. The van der Waals surface area contributed by atoms with E-state index < -0.39 is 0 Å². The zero-order chi connectivity index (χ0) is 21.5. The van der Waals surface area contributed by atoms with Crippen molar-refractivity contribution in [2.75, 3.05) is 39.8 Å². The van der Waals surface area contributed by atoms with Gasteiger partial charge in [-0.25, -0.2) is 0 Å². The van der Waals surface area contributed by atoms with Crippen LogP contribution in [-0.4, -0.2) is 74.6 Å². The summed E-state index contributed by atoms with van der Waals surface area (Å²) in [6.07, 6.45) is 2.34. The van der Waals surface area contributed by atoms with Crippen LogP contribution in [0.1, 0.15) is 27.2 Å². The third kappa shape index (κ3) is 3.55. The number of aryl methyl sites for hydroxylation is 1. The van der Waals surface area contributed by atoms with Crippen molar-refractivity contribution < 1.29 is 4.79 Å². The predicted molar refractivity (Wildman–Crippen MR) is 118 cm³/mol. The van der Waals surface area contributed by atoms with Crippen molar-refractivity contribution >= 4 is 11.6 Å². The van der Waals surface area contributed by atoms with E-state index in [1.807, 2.05) is 34.7 Å². The van der Waals surface area contributed by atoms with E-state index in [9.17, 15) is 9.59 Å². The van der Waals surface area contributed by atoms with Gasteiger partial charge in [-0.05, 0) is 12.6 Å². The molecule has 0 spiro atoms. The number of piperazine rings is 1. The van der Waals surface area contributed by atoms with Crippen LogP contribution < -0.4 is 5.56 Å². The molecule has 162 valence electrons. The molecule has 8 heteroatoms. The van der Waals surface area contributed by atoms with Gasteiger partial charge < -0.3 is 14.4 Å². The Balaban J connectivity index is 1.47. The van der Waals surface area contributed by atoms with Crippen molar-refractivity contribution in [3.8, 4) is 0 Å². The van der Waals surface area contributed by atoms with Gasteiger partial charge in [-0.1, -0.05) is 30.3 Å². The summed E-state index contributed by atoms with van der Waals surface area (Å²) in [5.74, 6) is -0.0421. The first kappa shape index (κ1) is 20.0. The standard InChI is InChI=1S/C23H28N6O2/c1-25-10-12-28(13-11-25)22(30)18-14-24-29-21(18)26(2)20-8-9-27(16-19(20)23(29)31)15-17-6-4-3-5-7-17/h3-7,14H,8-13,15-16H2,1-2H3. The van der Waals surface area contributed by atoms with Gasteiger partial charge in [0.2, 0.25) is 0 Å². The van der Waals surface area contributed by atoms with Crippen LogP contribution in [0.5, 0.6) is 0 Å². The second-order valence-corrected chi connectivity index (χ2v) is 8.62. The van der Waals surface area contributed by atoms with Gasteiger partial charge in [0.25, 0.3) is 11.5 Å². The minimum absolute atomic E-state index is 0.0421. The Morgan fingerprint density at radius 1 is 1.03 bits per heavy atom. The van der Waals surface area contributed by atoms with Crippen LogP contribution in [0, 0.1) is 0 Å². The Morgan fingerprint density at radius 3 is 2.52 bits per heavy atom.